The smallest absolute Gasteiger partial charge is 0.124 e. The molecule has 0 bridgehead atoms. The van der Waals surface area contributed by atoms with Crippen molar-refractivity contribution in [1.82, 2.24) is 4.98 Å². The Balaban J connectivity index is 1.82. The highest BCUT2D eigenvalue weighted by Gasteiger charge is 2.27. The lowest BCUT2D eigenvalue weighted by Gasteiger charge is -2.25. The van der Waals surface area contributed by atoms with Crippen LogP contribution in [0.2, 0.25) is 0 Å². The number of nitrogens with zero attached hydrogens (tertiary/aromatic N) is 1. The molecular weight excluding hydrogens is 338 g/mol. The van der Waals surface area contributed by atoms with Gasteiger partial charge >= 0.3 is 0 Å². The second-order valence-corrected chi connectivity index (χ2v) is 8.96. The fraction of sp³-hybridized carbons (Fsp3) is 0.435. The molecule has 0 spiro atoms. The van der Waals surface area contributed by atoms with E-state index in [0.29, 0.717) is 0 Å². The lowest BCUT2D eigenvalue weighted by molar-refractivity contribution is 0.415. The number of fused-ring (bicyclic) bond motifs is 4. The molecule has 1 unspecified atom stereocenters. The molecule has 0 N–H and O–H groups in total. The fourth-order valence-corrected chi connectivity index (χ4v) is 6.00. The van der Waals surface area contributed by atoms with Crippen LogP contribution in [0.15, 0.2) is 24.3 Å². The Hall–Kier alpha value is -1.87. The van der Waals surface area contributed by atoms with Crippen molar-refractivity contribution in [2.24, 2.45) is 5.92 Å². The molecule has 0 amide bonds. The maximum atomic E-state index is 5.39. The van der Waals surface area contributed by atoms with Crippen LogP contribution in [0.25, 0.3) is 21.3 Å². The summed E-state index contributed by atoms with van der Waals surface area (Å²) in [5.74, 6) is 1.67. The molecule has 3 heteroatoms. The van der Waals surface area contributed by atoms with Gasteiger partial charge in [-0.1, -0.05) is 19.1 Å². The van der Waals surface area contributed by atoms with Crippen LogP contribution in [0.4, 0.5) is 0 Å². The van der Waals surface area contributed by atoms with Crippen LogP contribution in [-0.4, -0.2) is 12.1 Å². The molecule has 1 atom stereocenters. The molecule has 0 saturated carbocycles. The Morgan fingerprint density at radius 2 is 1.85 bits per heavy atom. The zero-order valence-electron chi connectivity index (χ0n) is 15.6. The number of pyridine rings is 1. The summed E-state index contributed by atoms with van der Waals surface area (Å²) in [4.78, 5) is 8.03. The van der Waals surface area contributed by atoms with E-state index >= 15 is 0 Å². The van der Waals surface area contributed by atoms with Crippen molar-refractivity contribution < 1.29 is 4.74 Å². The number of thiophene rings is 1. The van der Waals surface area contributed by atoms with Crippen LogP contribution in [0.5, 0.6) is 5.75 Å². The molecule has 26 heavy (non-hydrogen) atoms. The Bertz CT molecular complexity index is 970. The van der Waals surface area contributed by atoms with Crippen LogP contribution < -0.4 is 4.74 Å². The maximum absolute atomic E-state index is 5.39. The van der Waals surface area contributed by atoms with E-state index in [0.717, 1.165) is 24.5 Å². The number of hydrogen-bond donors (Lipinski definition) is 0. The summed E-state index contributed by atoms with van der Waals surface area (Å²) in [5.41, 5.74) is 7.25. The predicted octanol–water partition coefficient (Wildman–Crippen LogP) is 5.98. The van der Waals surface area contributed by atoms with E-state index in [-0.39, 0.29) is 0 Å². The van der Waals surface area contributed by atoms with Gasteiger partial charge in [-0.3, -0.25) is 0 Å². The highest BCUT2D eigenvalue weighted by molar-refractivity contribution is 7.19. The average molecular weight is 364 g/mol. The van der Waals surface area contributed by atoms with Crippen molar-refractivity contribution >= 4 is 21.6 Å². The Morgan fingerprint density at radius 1 is 1.04 bits per heavy atom. The van der Waals surface area contributed by atoms with Gasteiger partial charge in [0.05, 0.1) is 7.11 Å². The second kappa shape index (κ2) is 6.38. The van der Waals surface area contributed by atoms with Gasteiger partial charge in [-0.2, -0.15) is 0 Å². The average Bonchev–Trinajstić information content (AvgIpc) is 3.04. The third-order valence-electron chi connectivity index (χ3n) is 6.09. The van der Waals surface area contributed by atoms with Gasteiger partial charge in [0.1, 0.15) is 10.6 Å². The lowest BCUT2D eigenvalue weighted by atomic mass is 9.81. The first-order valence-electron chi connectivity index (χ1n) is 9.85. The van der Waals surface area contributed by atoms with Crippen molar-refractivity contribution in [2.75, 3.05) is 7.11 Å². The van der Waals surface area contributed by atoms with Crippen molar-refractivity contribution in [3.63, 3.8) is 0 Å². The minimum atomic E-state index is 0.744. The second-order valence-electron chi connectivity index (χ2n) is 7.88. The highest BCUT2D eigenvalue weighted by atomic mass is 32.1. The number of aryl methyl sites for hydroxylation is 3. The molecular formula is C23H25NOS. The van der Waals surface area contributed by atoms with Crippen molar-refractivity contribution in [2.45, 2.75) is 51.9 Å². The molecule has 2 aliphatic carbocycles. The van der Waals surface area contributed by atoms with Crippen molar-refractivity contribution in [3.8, 4) is 16.9 Å². The van der Waals surface area contributed by atoms with E-state index in [4.69, 9.17) is 9.72 Å². The van der Waals surface area contributed by atoms with Gasteiger partial charge in [0, 0.05) is 16.0 Å². The topological polar surface area (TPSA) is 22.1 Å². The number of rotatable bonds is 2. The van der Waals surface area contributed by atoms with Crippen LogP contribution in [0, 0.1) is 5.92 Å². The Kier molecular flexibility index (Phi) is 4.00. The number of aromatic nitrogens is 1. The summed E-state index contributed by atoms with van der Waals surface area (Å²) < 4.78 is 5.39. The molecule has 5 rings (SSSR count). The minimum absolute atomic E-state index is 0.744. The van der Waals surface area contributed by atoms with E-state index in [2.05, 4.69) is 31.2 Å². The van der Waals surface area contributed by atoms with Crippen LogP contribution in [-0.2, 0) is 25.7 Å². The zero-order chi connectivity index (χ0) is 17.7. The Morgan fingerprint density at radius 3 is 2.65 bits per heavy atom. The van der Waals surface area contributed by atoms with Gasteiger partial charge in [0.2, 0.25) is 0 Å². The summed E-state index contributed by atoms with van der Waals surface area (Å²) in [6.45, 7) is 2.38. The third-order valence-corrected chi connectivity index (χ3v) is 7.28. The SMILES string of the molecule is COc1ccc(-c2c3c(nc4sc5c(c24)CCCC5)CCC(C)C3)cc1. The number of hydrogen-bond acceptors (Lipinski definition) is 3. The van der Waals surface area contributed by atoms with Gasteiger partial charge in [-0.05, 0) is 85.3 Å². The van der Waals surface area contributed by atoms with E-state index in [9.17, 15) is 0 Å². The van der Waals surface area contributed by atoms with Gasteiger partial charge in [0.15, 0.2) is 0 Å². The molecule has 2 nitrogen and oxygen atoms in total. The number of benzene rings is 1. The highest BCUT2D eigenvalue weighted by Crippen LogP contribution is 2.45. The van der Waals surface area contributed by atoms with Gasteiger partial charge < -0.3 is 4.74 Å². The fourth-order valence-electron chi connectivity index (χ4n) is 4.71. The third kappa shape index (κ3) is 2.56. The molecule has 0 fully saturated rings. The van der Waals surface area contributed by atoms with Crippen molar-refractivity contribution in [3.05, 3.63) is 46.0 Å². The molecule has 2 heterocycles. The van der Waals surface area contributed by atoms with Gasteiger partial charge in [-0.15, -0.1) is 11.3 Å². The molecule has 134 valence electrons. The maximum Gasteiger partial charge on any atom is 0.124 e. The first kappa shape index (κ1) is 16.3. The molecule has 0 aliphatic heterocycles. The molecule has 1 aromatic carbocycles. The Labute approximate surface area is 159 Å². The van der Waals surface area contributed by atoms with Gasteiger partial charge in [0.25, 0.3) is 0 Å². The largest absolute Gasteiger partial charge is 0.497 e. The first-order valence-corrected chi connectivity index (χ1v) is 10.7. The normalized spacial score (nSPS) is 19.2. The standard InChI is InChI=1S/C23H25NOS/c1-14-7-12-19-18(13-14)21(15-8-10-16(25-2)11-9-15)22-17-5-3-4-6-20(17)26-23(22)24-19/h8-11,14H,3-7,12-13H2,1-2H3. The summed E-state index contributed by atoms with van der Waals surface area (Å²) in [6.07, 6.45) is 8.64. The minimum Gasteiger partial charge on any atom is -0.497 e. The molecule has 0 radical (unpaired) electrons. The summed E-state index contributed by atoms with van der Waals surface area (Å²) in [7, 11) is 1.73. The van der Waals surface area contributed by atoms with Crippen molar-refractivity contribution in [1.29, 1.82) is 0 Å². The van der Waals surface area contributed by atoms with E-state index in [1.165, 1.54) is 64.7 Å². The monoisotopic (exact) mass is 363 g/mol. The van der Waals surface area contributed by atoms with Crippen LogP contribution in [0.3, 0.4) is 0 Å². The van der Waals surface area contributed by atoms with E-state index in [1.807, 2.05) is 11.3 Å². The number of ether oxygens (including phenoxy) is 1. The number of methoxy groups -OCH3 is 1. The van der Waals surface area contributed by atoms with Crippen LogP contribution >= 0.6 is 11.3 Å². The lowest BCUT2D eigenvalue weighted by Crippen LogP contribution is -2.14. The zero-order valence-corrected chi connectivity index (χ0v) is 16.4. The summed E-state index contributed by atoms with van der Waals surface area (Å²) in [5, 5.41) is 1.46. The predicted molar refractivity (Wildman–Crippen MR) is 109 cm³/mol. The quantitative estimate of drug-likeness (QED) is 0.559. The van der Waals surface area contributed by atoms with E-state index in [1.54, 1.807) is 17.6 Å². The van der Waals surface area contributed by atoms with Gasteiger partial charge in [-0.25, -0.2) is 4.98 Å². The summed E-state index contributed by atoms with van der Waals surface area (Å²) >= 11 is 1.95. The molecule has 3 aromatic rings. The summed E-state index contributed by atoms with van der Waals surface area (Å²) in [6, 6.07) is 8.66. The van der Waals surface area contributed by atoms with Crippen LogP contribution in [0.1, 0.15) is 47.9 Å². The molecule has 2 aliphatic rings. The first-order chi connectivity index (χ1) is 12.7. The molecule has 2 aromatic heterocycles. The van der Waals surface area contributed by atoms with E-state index < -0.39 is 0 Å². The molecule has 0 saturated heterocycles.